The monoisotopic (exact) mass is 130 g/mol. The Bertz CT molecular complexity index is 53.6. The highest BCUT2D eigenvalue weighted by molar-refractivity contribution is 4.55. The van der Waals surface area contributed by atoms with Crippen LogP contribution in [0.3, 0.4) is 0 Å². The first kappa shape index (κ1) is 8.96. The van der Waals surface area contributed by atoms with E-state index in [4.69, 9.17) is 5.11 Å². The second-order valence-electron chi connectivity index (χ2n) is 3.04. The van der Waals surface area contributed by atoms with Crippen LogP contribution >= 0.6 is 0 Å². The van der Waals surface area contributed by atoms with Crippen LogP contribution in [0.15, 0.2) is 0 Å². The van der Waals surface area contributed by atoms with Gasteiger partial charge in [0.05, 0.1) is 0 Å². The molecule has 1 nitrogen and oxygen atoms in total. The van der Waals surface area contributed by atoms with Crippen molar-refractivity contribution in [1.82, 2.24) is 0 Å². The highest BCUT2D eigenvalue weighted by Gasteiger charge is 2.04. The molecule has 0 aromatic carbocycles. The largest absolute Gasteiger partial charge is 0.396 e. The van der Waals surface area contributed by atoms with Gasteiger partial charge in [-0.2, -0.15) is 0 Å². The van der Waals surface area contributed by atoms with Crippen molar-refractivity contribution in [2.24, 2.45) is 11.8 Å². The predicted molar refractivity (Wildman–Crippen MR) is 40.3 cm³/mol. The van der Waals surface area contributed by atoms with Crippen LogP contribution in [-0.2, 0) is 0 Å². The molecule has 1 heteroatoms. The summed E-state index contributed by atoms with van der Waals surface area (Å²) in [5, 5.41) is 8.68. The van der Waals surface area contributed by atoms with Gasteiger partial charge in [-0.3, -0.25) is 0 Å². The zero-order chi connectivity index (χ0) is 7.28. The molecule has 0 saturated heterocycles. The topological polar surface area (TPSA) is 20.2 Å². The van der Waals surface area contributed by atoms with E-state index in [2.05, 4.69) is 20.8 Å². The number of aliphatic hydroxyl groups is 1. The molecular weight excluding hydrogens is 112 g/mol. The van der Waals surface area contributed by atoms with Gasteiger partial charge in [0.25, 0.3) is 0 Å². The van der Waals surface area contributed by atoms with E-state index in [0.717, 1.165) is 12.3 Å². The van der Waals surface area contributed by atoms with Crippen LogP contribution in [0.1, 0.15) is 33.6 Å². The summed E-state index contributed by atoms with van der Waals surface area (Å²) in [5.41, 5.74) is 0. The first-order valence-corrected chi connectivity index (χ1v) is 3.81. The average molecular weight is 130 g/mol. The molecular formula is C8H18O. The van der Waals surface area contributed by atoms with Gasteiger partial charge in [-0.25, -0.2) is 0 Å². The molecule has 1 N–H and O–H groups in total. The summed E-state index contributed by atoms with van der Waals surface area (Å²) in [4.78, 5) is 0. The van der Waals surface area contributed by atoms with Crippen LogP contribution < -0.4 is 0 Å². The third-order valence-electron chi connectivity index (χ3n) is 1.81. The van der Waals surface area contributed by atoms with Crippen molar-refractivity contribution in [2.45, 2.75) is 33.6 Å². The van der Waals surface area contributed by atoms with E-state index in [0.29, 0.717) is 12.5 Å². The minimum Gasteiger partial charge on any atom is -0.396 e. The molecule has 56 valence electrons. The van der Waals surface area contributed by atoms with Crippen LogP contribution in [0.25, 0.3) is 0 Å². The molecule has 0 rings (SSSR count). The molecule has 2 atom stereocenters. The molecule has 0 saturated carbocycles. The summed E-state index contributed by atoms with van der Waals surface area (Å²) in [7, 11) is 0. The van der Waals surface area contributed by atoms with Gasteiger partial charge in [0, 0.05) is 6.61 Å². The smallest absolute Gasteiger partial charge is 0.0456 e. The summed E-state index contributed by atoms with van der Waals surface area (Å²) in [6.07, 6.45) is 2.39. The molecule has 0 aliphatic carbocycles. The number of hydrogen-bond donors (Lipinski definition) is 1. The Kier molecular flexibility index (Phi) is 4.78. The van der Waals surface area contributed by atoms with E-state index < -0.39 is 0 Å². The lowest BCUT2D eigenvalue weighted by atomic mass is 9.96. The maximum Gasteiger partial charge on any atom is 0.0456 e. The minimum atomic E-state index is 0.338. The molecule has 9 heavy (non-hydrogen) atoms. The van der Waals surface area contributed by atoms with Crippen molar-refractivity contribution in [3.8, 4) is 0 Å². The van der Waals surface area contributed by atoms with E-state index in [1.165, 1.54) is 6.42 Å². The van der Waals surface area contributed by atoms with E-state index in [1.807, 2.05) is 0 Å². The van der Waals surface area contributed by atoms with Crippen molar-refractivity contribution in [2.75, 3.05) is 6.61 Å². The highest BCUT2D eigenvalue weighted by atomic mass is 16.3. The van der Waals surface area contributed by atoms with Gasteiger partial charge < -0.3 is 5.11 Å². The number of rotatable bonds is 4. The molecule has 0 amide bonds. The van der Waals surface area contributed by atoms with E-state index in [9.17, 15) is 0 Å². The van der Waals surface area contributed by atoms with Gasteiger partial charge in [-0.05, 0) is 18.3 Å². The van der Waals surface area contributed by atoms with Crippen molar-refractivity contribution in [3.63, 3.8) is 0 Å². The van der Waals surface area contributed by atoms with Gasteiger partial charge in [-0.1, -0.05) is 27.2 Å². The maximum atomic E-state index is 8.68. The van der Waals surface area contributed by atoms with E-state index in [-0.39, 0.29) is 0 Å². The lowest BCUT2D eigenvalue weighted by Gasteiger charge is -2.12. The predicted octanol–water partition coefficient (Wildman–Crippen LogP) is 2.05. The summed E-state index contributed by atoms with van der Waals surface area (Å²) in [5.74, 6) is 1.26. The molecule has 0 bridgehead atoms. The third-order valence-corrected chi connectivity index (χ3v) is 1.81. The fourth-order valence-electron chi connectivity index (χ4n) is 0.928. The van der Waals surface area contributed by atoms with Crippen LogP contribution in [-0.4, -0.2) is 11.7 Å². The summed E-state index contributed by atoms with van der Waals surface area (Å²) in [6, 6.07) is 0. The van der Waals surface area contributed by atoms with Crippen LogP contribution in [0.2, 0.25) is 0 Å². The zero-order valence-corrected chi connectivity index (χ0v) is 6.72. The number of aliphatic hydroxyl groups excluding tert-OH is 1. The second kappa shape index (κ2) is 4.80. The Morgan fingerprint density at radius 3 is 2.11 bits per heavy atom. The fourth-order valence-corrected chi connectivity index (χ4v) is 0.928. The second-order valence-corrected chi connectivity index (χ2v) is 3.04. The van der Waals surface area contributed by atoms with Gasteiger partial charge in [0.2, 0.25) is 0 Å². The lowest BCUT2D eigenvalue weighted by molar-refractivity contribution is 0.214. The molecule has 0 fully saturated rings. The quantitative estimate of drug-likeness (QED) is 0.617. The van der Waals surface area contributed by atoms with Crippen molar-refractivity contribution in [1.29, 1.82) is 0 Å². The molecule has 0 radical (unpaired) electrons. The summed E-state index contributed by atoms with van der Waals surface area (Å²) in [6.45, 7) is 6.84. The average Bonchev–Trinajstić information content (AvgIpc) is 1.87. The molecule has 0 heterocycles. The molecule has 0 spiro atoms. The third kappa shape index (κ3) is 4.46. The van der Waals surface area contributed by atoms with Crippen LogP contribution in [0.4, 0.5) is 0 Å². The van der Waals surface area contributed by atoms with E-state index in [1.54, 1.807) is 0 Å². The Balaban J connectivity index is 3.22. The molecule has 1 unspecified atom stereocenters. The summed E-state index contributed by atoms with van der Waals surface area (Å²) >= 11 is 0. The zero-order valence-electron chi connectivity index (χ0n) is 6.72. The SMILES string of the molecule is CC[C@@H](C)CC(C)CO. The molecule has 0 aromatic rings. The Labute approximate surface area is 58.1 Å². The highest BCUT2D eigenvalue weighted by Crippen LogP contribution is 2.13. The Morgan fingerprint density at radius 2 is 1.78 bits per heavy atom. The Morgan fingerprint density at radius 1 is 1.22 bits per heavy atom. The first-order valence-electron chi connectivity index (χ1n) is 3.81. The first-order chi connectivity index (χ1) is 4.20. The van der Waals surface area contributed by atoms with Gasteiger partial charge in [0.15, 0.2) is 0 Å². The molecule has 0 aliphatic heterocycles. The summed E-state index contributed by atoms with van der Waals surface area (Å²) < 4.78 is 0. The van der Waals surface area contributed by atoms with Crippen LogP contribution in [0, 0.1) is 11.8 Å². The van der Waals surface area contributed by atoms with Gasteiger partial charge in [0.1, 0.15) is 0 Å². The van der Waals surface area contributed by atoms with Crippen molar-refractivity contribution in [3.05, 3.63) is 0 Å². The fraction of sp³-hybridized carbons (Fsp3) is 1.00. The van der Waals surface area contributed by atoms with Gasteiger partial charge >= 0.3 is 0 Å². The van der Waals surface area contributed by atoms with Crippen molar-refractivity contribution >= 4 is 0 Å². The maximum absolute atomic E-state index is 8.68. The molecule has 0 aliphatic rings. The number of hydrogen-bond acceptors (Lipinski definition) is 1. The van der Waals surface area contributed by atoms with Gasteiger partial charge in [-0.15, -0.1) is 0 Å². The standard InChI is InChI=1S/C8H18O/c1-4-7(2)5-8(3)6-9/h7-9H,4-6H2,1-3H3/t7-,8?/m1/s1. The minimum absolute atomic E-state index is 0.338. The van der Waals surface area contributed by atoms with E-state index >= 15 is 0 Å². The Hall–Kier alpha value is -0.0400. The van der Waals surface area contributed by atoms with Crippen LogP contribution in [0.5, 0.6) is 0 Å². The van der Waals surface area contributed by atoms with Crippen molar-refractivity contribution < 1.29 is 5.11 Å². The lowest BCUT2D eigenvalue weighted by Crippen LogP contribution is -2.05. The molecule has 0 aromatic heterocycles. The normalized spacial score (nSPS) is 17.3.